The van der Waals surface area contributed by atoms with Crippen LogP contribution in [0, 0.1) is 11.8 Å². The smallest absolute Gasteiger partial charge is 0.250 e. The predicted octanol–water partition coefficient (Wildman–Crippen LogP) is 1.73. The first-order chi connectivity index (χ1) is 9.65. The van der Waals surface area contributed by atoms with Crippen molar-refractivity contribution in [1.29, 1.82) is 0 Å². The van der Waals surface area contributed by atoms with Gasteiger partial charge in [-0.25, -0.2) is 0 Å². The minimum absolute atomic E-state index is 0.0169. The number of piperazine rings is 1. The summed E-state index contributed by atoms with van der Waals surface area (Å²) >= 11 is 0. The number of nitrogens with one attached hydrogen (secondary N) is 1. The molecule has 106 valence electrons. The van der Waals surface area contributed by atoms with Gasteiger partial charge in [-0.05, 0) is 30.2 Å². The summed E-state index contributed by atoms with van der Waals surface area (Å²) in [4.78, 5) is 26.1. The van der Waals surface area contributed by atoms with Crippen LogP contribution < -0.4 is 5.32 Å². The number of nitrogens with zero attached hydrogens (tertiary/aromatic N) is 1. The summed E-state index contributed by atoms with van der Waals surface area (Å²) in [5.41, 5.74) is 0.856. The van der Waals surface area contributed by atoms with Crippen molar-refractivity contribution in [3.8, 4) is 0 Å². The van der Waals surface area contributed by atoms with Crippen molar-refractivity contribution in [3.63, 3.8) is 0 Å². The molecule has 4 nitrogen and oxygen atoms in total. The molecule has 2 unspecified atom stereocenters. The normalized spacial score (nSPS) is 24.4. The molecule has 0 aromatic heterocycles. The van der Waals surface area contributed by atoms with Gasteiger partial charge in [0, 0.05) is 6.54 Å². The van der Waals surface area contributed by atoms with Crippen molar-refractivity contribution in [2.75, 3.05) is 13.1 Å². The zero-order chi connectivity index (χ0) is 14.1. The Morgan fingerprint density at radius 3 is 2.60 bits per heavy atom. The highest BCUT2D eigenvalue weighted by Gasteiger charge is 2.36. The number of amides is 2. The maximum atomic E-state index is 12.6. The highest BCUT2D eigenvalue weighted by Crippen LogP contribution is 2.37. The molecule has 1 aromatic rings. The minimum Gasteiger partial charge on any atom is -0.339 e. The highest BCUT2D eigenvalue weighted by atomic mass is 16.2. The predicted molar refractivity (Wildman–Crippen MR) is 75.8 cm³/mol. The molecule has 3 rings (SSSR count). The van der Waals surface area contributed by atoms with E-state index >= 15 is 0 Å². The summed E-state index contributed by atoms with van der Waals surface area (Å²) in [6.45, 7) is 3.06. The molecule has 20 heavy (non-hydrogen) atoms. The fraction of sp³-hybridized carbons (Fsp3) is 0.500. The van der Waals surface area contributed by atoms with Gasteiger partial charge in [-0.15, -0.1) is 0 Å². The zero-order valence-corrected chi connectivity index (χ0v) is 11.7. The van der Waals surface area contributed by atoms with Crippen molar-refractivity contribution in [2.45, 2.75) is 25.8 Å². The molecule has 0 bridgehead atoms. The van der Waals surface area contributed by atoms with Crippen LogP contribution in [0.1, 0.15) is 31.4 Å². The van der Waals surface area contributed by atoms with E-state index in [1.807, 2.05) is 30.3 Å². The molecule has 1 aliphatic carbocycles. The monoisotopic (exact) mass is 272 g/mol. The number of benzene rings is 1. The Labute approximate surface area is 119 Å². The van der Waals surface area contributed by atoms with Gasteiger partial charge < -0.3 is 10.2 Å². The van der Waals surface area contributed by atoms with E-state index < -0.39 is 6.04 Å². The summed E-state index contributed by atoms with van der Waals surface area (Å²) in [6.07, 6.45) is 2.52. The van der Waals surface area contributed by atoms with Gasteiger partial charge in [-0.1, -0.05) is 37.3 Å². The second kappa shape index (κ2) is 5.27. The Bertz CT molecular complexity index is 510. The van der Waals surface area contributed by atoms with E-state index in [-0.39, 0.29) is 18.4 Å². The third-order valence-corrected chi connectivity index (χ3v) is 4.27. The van der Waals surface area contributed by atoms with Gasteiger partial charge in [0.15, 0.2) is 0 Å². The fourth-order valence-corrected chi connectivity index (χ4v) is 2.89. The quantitative estimate of drug-likeness (QED) is 0.907. The first-order valence-corrected chi connectivity index (χ1v) is 7.28. The molecule has 2 amide bonds. The summed E-state index contributed by atoms with van der Waals surface area (Å²) in [5, 5.41) is 2.80. The van der Waals surface area contributed by atoms with E-state index in [0.717, 1.165) is 11.5 Å². The molecule has 1 N–H and O–H groups in total. The first kappa shape index (κ1) is 13.2. The van der Waals surface area contributed by atoms with Gasteiger partial charge in [0.1, 0.15) is 6.04 Å². The molecule has 0 radical (unpaired) electrons. The van der Waals surface area contributed by atoms with Crippen LogP contribution in [0.4, 0.5) is 0 Å². The van der Waals surface area contributed by atoms with Crippen LogP contribution in [0.2, 0.25) is 0 Å². The first-order valence-electron chi connectivity index (χ1n) is 7.28. The topological polar surface area (TPSA) is 49.4 Å². The van der Waals surface area contributed by atoms with Crippen LogP contribution in [-0.2, 0) is 9.59 Å². The number of carbonyl (C=O) groups is 2. The van der Waals surface area contributed by atoms with Crippen molar-refractivity contribution in [2.24, 2.45) is 11.8 Å². The number of carbonyl (C=O) groups excluding carboxylic acids is 2. The summed E-state index contributed by atoms with van der Waals surface area (Å²) < 4.78 is 0. The molecule has 2 atom stereocenters. The zero-order valence-electron chi connectivity index (χ0n) is 11.7. The Kier molecular flexibility index (Phi) is 3.47. The van der Waals surface area contributed by atoms with Crippen molar-refractivity contribution in [1.82, 2.24) is 10.2 Å². The molecule has 1 saturated heterocycles. The third-order valence-electron chi connectivity index (χ3n) is 4.27. The molecule has 1 aromatic carbocycles. The largest absolute Gasteiger partial charge is 0.339 e. The van der Waals surface area contributed by atoms with E-state index in [1.54, 1.807) is 4.90 Å². The van der Waals surface area contributed by atoms with Crippen LogP contribution >= 0.6 is 0 Å². The number of rotatable bonds is 4. The van der Waals surface area contributed by atoms with Gasteiger partial charge in [0.2, 0.25) is 11.8 Å². The summed E-state index contributed by atoms with van der Waals surface area (Å²) in [7, 11) is 0. The lowest BCUT2D eigenvalue weighted by Crippen LogP contribution is -2.54. The second-order valence-corrected chi connectivity index (χ2v) is 5.94. The Morgan fingerprint density at radius 2 is 1.95 bits per heavy atom. The maximum absolute atomic E-state index is 12.6. The maximum Gasteiger partial charge on any atom is 0.250 e. The minimum atomic E-state index is -0.524. The molecule has 1 heterocycles. The second-order valence-electron chi connectivity index (χ2n) is 5.94. The molecule has 2 aliphatic rings. The van der Waals surface area contributed by atoms with E-state index in [0.29, 0.717) is 12.5 Å². The van der Waals surface area contributed by atoms with Crippen LogP contribution in [0.25, 0.3) is 0 Å². The highest BCUT2D eigenvalue weighted by molar-refractivity contribution is 5.95. The molecular formula is C16H20N2O2. The van der Waals surface area contributed by atoms with Gasteiger partial charge in [0.25, 0.3) is 0 Å². The van der Waals surface area contributed by atoms with Gasteiger partial charge in [0.05, 0.1) is 6.54 Å². The van der Waals surface area contributed by atoms with E-state index in [2.05, 4.69) is 12.2 Å². The van der Waals surface area contributed by atoms with Gasteiger partial charge in [-0.2, -0.15) is 0 Å². The van der Waals surface area contributed by atoms with E-state index in [4.69, 9.17) is 0 Å². The fourth-order valence-electron chi connectivity index (χ4n) is 2.89. The SMILES string of the molecule is CC(CN1CC(=O)NC(c2ccccc2)C1=O)C1CC1. The van der Waals surface area contributed by atoms with Crippen molar-refractivity contribution < 1.29 is 9.59 Å². The lowest BCUT2D eigenvalue weighted by Gasteiger charge is -2.34. The number of hydrogen-bond donors (Lipinski definition) is 1. The molecule has 1 saturated carbocycles. The van der Waals surface area contributed by atoms with Gasteiger partial charge >= 0.3 is 0 Å². The molecule has 2 fully saturated rings. The summed E-state index contributed by atoms with van der Waals surface area (Å²) in [5.74, 6) is 1.17. The number of hydrogen-bond acceptors (Lipinski definition) is 2. The van der Waals surface area contributed by atoms with Crippen LogP contribution in [-0.4, -0.2) is 29.8 Å². The van der Waals surface area contributed by atoms with E-state index in [1.165, 1.54) is 12.8 Å². The average molecular weight is 272 g/mol. The van der Waals surface area contributed by atoms with Crippen molar-refractivity contribution >= 4 is 11.8 Å². The average Bonchev–Trinajstić information content (AvgIpc) is 3.28. The summed E-state index contributed by atoms with van der Waals surface area (Å²) in [6, 6.07) is 8.93. The van der Waals surface area contributed by atoms with Crippen molar-refractivity contribution in [3.05, 3.63) is 35.9 Å². The standard InChI is InChI=1S/C16H20N2O2/c1-11(12-7-8-12)9-18-10-14(19)17-15(16(18)20)13-5-3-2-4-6-13/h2-6,11-12,15H,7-10H2,1H3,(H,17,19). The Morgan fingerprint density at radius 1 is 1.25 bits per heavy atom. The van der Waals surface area contributed by atoms with Crippen LogP contribution in [0.5, 0.6) is 0 Å². The Balaban J connectivity index is 1.75. The Hall–Kier alpha value is -1.84. The van der Waals surface area contributed by atoms with E-state index in [9.17, 15) is 9.59 Å². The molecule has 1 aliphatic heterocycles. The van der Waals surface area contributed by atoms with Crippen LogP contribution in [0.3, 0.4) is 0 Å². The van der Waals surface area contributed by atoms with Crippen LogP contribution in [0.15, 0.2) is 30.3 Å². The molecule has 0 spiro atoms. The van der Waals surface area contributed by atoms with Gasteiger partial charge in [-0.3, -0.25) is 9.59 Å². The lowest BCUT2D eigenvalue weighted by atomic mass is 10.0. The molecular weight excluding hydrogens is 252 g/mol. The molecule has 4 heteroatoms. The lowest BCUT2D eigenvalue weighted by molar-refractivity contribution is -0.145. The third kappa shape index (κ3) is 2.69.